The van der Waals surface area contributed by atoms with Crippen LogP contribution in [0.2, 0.25) is 0 Å². The van der Waals surface area contributed by atoms with Gasteiger partial charge >= 0.3 is 0 Å². The van der Waals surface area contributed by atoms with Crippen LogP contribution in [0.15, 0.2) is 83.8 Å². The largest absolute Gasteiger partial charge is 0.348 e. The van der Waals surface area contributed by atoms with Gasteiger partial charge in [-0.1, -0.05) is 78.1 Å². The van der Waals surface area contributed by atoms with Crippen molar-refractivity contribution in [1.29, 1.82) is 0 Å². The second-order valence-electron chi connectivity index (χ2n) is 9.31. The highest BCUT2D eigenvalue weighted by Crippen LogP contribution is 2.36. The highest BCUT2D eigenvalue weighted by Gasteiger charge is 2.28. The van der Waals surface area contributed by atoms with E-state index in [-0.39, 0.29) is 29.9 Å². The molecule has 0 unspecified atom stereocenters. The Hall–Kier alpha value is -3.41. The monoisotopic (exact) mass is 514 g/mol. The van der Waals surface area contributed by atoms with E-state index in [1.54, 1.807) is 24.3 Å². The number of ether oxygens (including phenoxy) is 2. The van der Waals surface area contributed by atoms with Gasteiger partial charge in [-0.2, -0.15) is 0 Å². The van der Waals surface area contributed by atoms with Gasteiger partial charge in [0.05, 0.1) is 27.8 Å². The first-order valence-corrected chi connectivity index (χ1v) is 13.8. The van der Waals surface area contributed by atoms with E-state index < -0.39 is 10.0 Å². The van der Waals surface area contributed by atoms with Crippen LogP contribution >= 0.6 is 0 Å². The molecule has 2 heterocycles. The normalized spacial score (nSPS) is 19.9. The standard InChI is InChI=1S/C30H30N2O4S/c1-21-14-16-24(17-15-21)37(33,34)32-28-13-7-6-11-25(28)26(30(32)23-9-4-3-5-10-23)12-8-20-35-29-19-18-27(31)22(2)36-29/h3-7,9-11,13-17,22,27,29H,18-20,31H2,1-2H3/t22-,27-,29-/m0/s1. The summed E-state index contributed by atoms with van der Waals surface area (Å²) in [6.45, 7) is 4.03. The van der Waals surface area contributed by atoms with Crippen molar-refractivity contribution in [2.24, 2.45) is 5.73 Å². The van der Waals surface area contributed by atoms with Gasteiger partial charge in [-0.25, -0.2) is 12.4 Å². The van der Waals surface area contributed by atoms with Gasteiger partial charge in [0.2, 0.25) is 0 Å². The first-order chi connectivity index (χ1) is 17.9. The third kappa shape index (κ3) is 5.07. The predicted molar refractivity (Wildman–Crippen MR) is 146 cm³/mol. The first-order valence-electron chi connectivity index (χ1n) is 12.4. The summed E-state index contributed by atoms with van der Waals surface area (Å²) in [5, 5.41) is 0.762. The SMILES string of the molecule is Cc1ccc(S(=O)(=O)n2c(-c3ccccc3)c(C#CCO[C@@H]3CC[C@H](N)[C@H](C)O3)c3ccccc32)cc1. The molecule has 5 rings (SSSR count). The molecule has 0 bridgehead atoms. The van der Waals surface area contributed by atoms with E-state index in [0.717, 1.165) is 29.4 Å². The molecule has 3 aromatic carbocycles. The lowest BCUT2D eigenvalue weighted by atomic mass is 10.0. The predicted octanol–water partition coefficient (Wildman–Crippen LogP) is 5.07. The Morgan fingerprint density at radius 2 is 1.70 bits per heavy atom. The minimum atomic E-state index is -3.91. The zero-order valence-electron chi connectivity index (χ0n) is 20.9. The molecule has 0 spiro atoms. The maximum atomic E-state index is 14.0. The number of rotatable bonds is 5. The summed E-state index contributed by atoms with van der Waals surface area (Å²) in [6, 6.07) is 23.8. The van der Waals surface area contributed by atoms with E-state index in [1.807, 2.05) is 68.4 Å². The lowest BCUT2D eigenvalue weighted by Gasteiger charge is -2.31. The zero-order valence-corrected chi connectivity index (χ0v) is 21.7. The molecule has 1 aliphatic rings. The molecule has 4 aromatic rings. The van der Waals surface area contributed by atoms with Crippen molar-refractivity contribution in [2.75, 3.05) is 6.61 Å². The second-order valence-corrected chi connectivity index (χ2v) is 11.1. The van der Waals surface area contributed by atoms with E-state index in [1.165, 1.54) is 3.97 Å². The molecule has 190 valence electrons. The smallest absolute Gasteiger partial charge is 0.268 e. The maximum Gasteiger partial charge on any atom is 0.268 e. The van der Waals surface area contributed by atoms with Gasteiger partial charge in [-0.15, -0.1) is 0 Å². The van der Waals surface area contributed by atoms with Crippen molar-refractivity contribution in [3.63, 3.8) is 0 Å². The van der Waals surface area contributed by atoms with Gasteiger partial charge in [0.25, 0.3) is 10.0 Å². The third-order valence-corrected chi connectivity index (χ3v) is 8.43. The lowest BCUT2D eigenvalue weighted by molar-refractivity contribution is -0.187. The van der Waals surface area contributed by atoms with E-state index in [2.05, 4.69) is 11.8 Å². The number of aromatic nitrogens is 1. The molecule has 7 heteroatoms. The summed E-state index contributed by atoms with van der Waals surface area (Å²) in [7, 11) is -3.91. The Bertz CT molecular complexity index is 1570. The molecule has 0 aliphatic carbocycles. The maximum absolute atomic E-state index is 14.0. The fraction of sp³-hybridized carbons (Fsp3) is 0.267. The van der Waals surface area contributed by atoms with E-state index in [9.17, 15) is 8.42 Å². The molecule has 1 aromatic heterocycles. The van der Waals surface area contributed by atoms with Gasteiger partial charge in [0.15, 0.2) is 6.29 Å². The van der Waals surface area contributed by atoms with Crippen molar-refractivity contribution in [3.8, 4) is 23.1 Å². The molecule has 0 amide bonds. The van der Waals surface area contributed by atoms with Gasteiger partial charge in [-0.05, 0) is 44.9 Å². The van der Waals surface area contributed by atoms with Crippen LogP contribution in [-0.2, 0) is 19.5 Å². The number of benzene rings is 3. The molecule has 37 heavy (non-hydrogen) atoms. The van der Waals surface area contributed by atoms with Crippen molar-refractivity contribution in [2.45, 2.75) is 50.0 Å². The summed E-state index contributed by atoms with van der Waals surface area (Å²) in [5.74, 6) is 6.32. The quantitative estimate of drug-likeness (QED) is 0.376. The van der Waals surface area contributed by atoms with Gasteiger partial charge in [-0.3, -0.25) is 0 Å². The molecule has 1 aliphatic heterocycles. The summed E-state index contributed by atoms with van der Waals surface area (Å²) < 4.78 is 41.1. The number of aryl methyl sites for hydroxylation is 1. The Kier molecular flexibility index (Phi) is 7.18. The van der Waals surface area contributed by atoms with Crippen molar-refractivity contribution in [1.82, 2.24) is 3.97 Å². The van der Waals surface area contributed by atoms with Crippen LogP contribution in [0.5, 0.6) is 0 Å². The molecule has 1 saturated heterocycles. The van der Waals surface area contributed by atoms with Crippen LogP contribution in [0.25, 0.3) is 22.2 Å². The minimum Gasteiger partial charge on any atom is -0.348 e. The number of hydrogen-bond donors (Lipinski definition) is 1. The van der Waals surface area contributed by atoms with Crippen LogP contribution in [0, 0.1) is 18.8 Å². The first kappa shape index (κ1) is 25.2. The summed E-state index contributed by atoms with van der Waals surface area (Å²) in [6.07, 6.45) is 1.14. The highest BCUT2D eigenvalue weighted by molar-refractivity contribution is 7.90. The number of para-hydroxylation sites is 1. The molecular formula is C30H30N2O4S. The molecule has 2 N–H and O–H groups in total. The van der Waals surface area contributed by atoms with Crippen LogP contribution in [0.4, 0.5) is 0 Å². The average molecular weight is 515 g/mol. The zero-order chi connectivity index (χ0) is 26.0. The van der Waals surface area contributed by atoms with Crippen LogP contribution in [0.3, 0.4) is 0 Å². The molecule has 0 radical (unpaired) electrons. The van der Waals surface area contributed by atoms with Gasteiger partial charge in [0, 0.05) is 17.0 Å². The third-order valence-electron chi connectivity index (χ3n) is 6.70. The van der Waals surface area contributed by atoms with E-state index >= 15 is 0 Å². The average Bonchev–Trinajstić information content (AvgIpc) is 3.24. The number of hydrogen-bond acceptors (Lipinski definition) is 5. The lowest BCUT2D eigenvalue weighted by Crippen LogP contribution is -2.43. The molecule has 1 fully saturated rings. The summed E-state index contributed by atoms with van der Waals surface area (Å²) >= 11 is 0. The minimum absolute atomic E-state index is 0.0148. The molecule has 0 saturated carbocycles. The Morgan fingerprint density at radius 1 is 1.00 bits per heavy atom. The van der Waals surface area contributed by atoms with Crippen molar-refractivity contribution < 1.29 is 17.9 Å². The van der Waals surface area contributed by atoms with Crippen LogP contribution < -0.4 is 5.73 Å². The topological polar surface area (TPSA) is 83.5 Å². The number of nitrogens with zero attached hydrogens (tertiary/aromatic N) is 1. The number of fused-ring (bicyclic) bond motifs is 1. The van der Waals surface area contributed by atoms with Gasteiger partial charge in [0.1, 0.15) is 6.61 Å². The van der Waals surface area contributed by atoms with Crippen molar-refractivity contribution in [3.05, 3.63) is 90.0 Å². The van der Waals surface area contributed by atoms with Crippen molar-refractivity contribution >= 4 is 20.9 Å². The van der Waals surface area contributed by atoms with Crippen LogP contribution in [-0.4, -0.2) is 37.4 Å². The second kappa shape index (κ2) is 10.5. The van der Waals surface area contributed by atoms with E-state index in [4.69, 9.17) is 15.2 Å². The molecule has 3 atom stereocenters. The molecule has 6 nitrogen and oxygen atoms in total. The van der Waals surface area contributed by atoms with Gasteiger partial charge < -0.3 is 15.2 Å². The Labute approximate surface area is 218 Å². The van der Waals surface area contributed by atoms with E-state index in [0.29, 0.717) is 16.8 Å². The fourth-order valence-corrected chi connectivity index (χ4v) is 6.16. The fourth-order valence-electron chi connectivity index (χ4n) is 4.61. The molecular weight excluding hydrogens is 484 g/mol. The highest BCUT2D eigenvalue weighted by atomic mass is 32.2. The van der Waals surface area contributed by atoms with Crippen LogP contribution in [0.1, 0.15) is 30.9 Å². The Balaban J connectivity index is 1.61. The Morgan fingerprint density at radius 3 is 2.43 bits per heavy atom. The number of nitrogens with two attached hydrogens (primary N) is 1. The summed E-state index contributed by atoms with van der Waals surface area (Å²) in [4.78, 5) is 0.223. The summed E-state index contributed by atoms with van der Waals surface area (Å²) in [5.41, 5.74) is 9.52.